The van der Waals surface area contributed by atoms with Crippen LogP contribution in [0, 0.1) is 5.41 Å². The zero-order valence-electron chi connectivity index (χ0n) is 12.1. The highest BCUT2D eigenvalue weighted by Crippen LogP contribution is 2.31. The number of aliphatic carboxylic acids is 1. The van der Waals surface area contributed by atoms with Gasteiger partial charge in [0.25, 0.3) is 5.91 Å². The Morgan fingerprint density at radius 1 is 1.55 bits per heavy atom. The molecule has 0 aliphatic carbocycles. The molecule has 1 rings (SSSR count). The molecule has 6 heteroatoms. The zero-order valence-corrected chi connectivity index (χ0v) is 12.1. The quantitative estimate of drug-likeness (QED) is 0.530. The van der Waals surface area contributed by atoms with Gasteiger partial charge in [-0.2, -0.15) is 0 Å². The molecule has 114 valence electrons. The van der Waals surface area contributed by atoms with Crippen LogP contribution >= 0.6 is 0 Å². The van der Waals surface area contributed by atoms with Crippen molar-refractivity contribution >= 4 is 11.9 Å². The Balaban J connectivity index is 2.59. The van der Waals surface area contributed by atoms with E-state index in [4.69, 9.17) is 9.47 Å². The van der Waals surface area contributed by atoms with Gasteiger partial charge >= 0.3 is 5.97 Å². The van der Waals surface area contributed by atoms with E-state index >= 15 is 0 Å². The molecular formula is C14H23NO5. The molecule has 1 aliphatic heterocycles. The molecule has 0 aromatic heterocycles. The summed E-state index contributed by atoms with van der Waals surface area (Å²) in [6.45, 7) is 6.40. The van der Waals surface area contributed by atoms with Crippen LogP contribution in [0.3, 0.4) is 0 Å². The standard InChI is InChI=1S/C14H23NO5/c1-4-5-8-20-11(2)12(16)15-7-6-14(9-15,10-19-3)13(17)18/h4,11H,1,5-10H2,2-3H3,(H,17,18). The highest BCUT2D eigenvalue weighted by atomic mass is 16.5. The van der Waals surface area contributed by atoms with Gasteiger partial charge in [-0.3, -0.25) is 9.59 Å². The average Bonchev–Trinajstić information content (AvgIpc) is 2.84. The highest BCUT2D eigenvalue weighted by molar-refractivity contribution is 5.83. The van der Waals surface area contributed by atoms with Crippen molar-refractivity contribution in [2.75, 3.05) is 33.4 Å². The van der Waals surface area contributed by atoms with Crippen LogP contribution < -0.4 is 0 Å². The van der Waals surface area contributed by atoms with E-state index in [0.717, 1.165) is 0 Å². The first-order chi connectivity index (χ1) is 9.46. The summed E-state index contributed by atoms with van der Waals surface area (Å²) in [5.74, 6) is -1.09. The molecular weight excluding hydrogens is 262 g/mol. The van der Waals surface area contributed by atoms with Crippen molar-refractivity contribution in [2.45, 2.75) is 25.9 Å². The van der Waals surface area contributed by atoms with Crippen molar-refractivity contribution < 1.29 is 24.2 Å². The van der Waals surface area contributed by atoms with E-state index in [1.165, 1.54) is 7.11 Å². The summed E-state index contributed by atoms with van der Waals surface area (Å²) in [4.78, 5) is 25.1. The Kier molecular flexibility index (Phi) is 6.16. The normalized spacial score (nSPS) is 23.6. The van der Waals surface area contributed by atoms with Crippen molar-refractivity contribution in [2.24, 2.45) is 5.41 Å². The van der Waals surface area contributed by atoms with E-state index < -0.39 is 17.5 Å². The van der Waals surface area contributed by atoms with E-state index in [-0.39, 0.29) is 19.1 Å². The lowest BCUT2D eigenvalue weighted by molar-refractivity contribution is -0.152. The molecule has 0 spiro atoms. The lowest BCUT2D eigenvalue weighted by Crippen LogP contribution is -2.43. The van der Waals surface area contributed by atoms with Crippen LogP contribution in [0.5, 0.6) is 0 Å². The molecule has 1 aliphatic rings. The summed E-state index contributed by atoms with van der Waals surface area (Å²) in [6.07, 6.45) is 2.24. The van der Waals surface area contributed by atoms with Gasteiger partial charge in [0.2, 0.25) is 0 Å². The number of carboxylic acids is 1. The third-order valence-corrected chi connectivity index (χ3v) is 3.58. The topological polar surface area (TPSA) is 76.1 Å². The van der Waals surface area contributed by atoms with Crippen molar-refractivity contribution in [3.63, 3.8) is 0 Å². The van der Waals surface area contributed by atoms with E-state index in [0.29, 0.717) is 26.0 Å². The van der Waals surface area contributed by atoms with Gasteiger partial charge in [0, 0.05) is 20.2 Å². The Morgan fingerprint density at radius 2 is 2.25 bits per heavy atom. The van der Waals surface area contributed by atoms with E-state index in [2.05, 4.69) is 6.58 Å². The number of amides is 1. The largest absolute Gasteiger partial charge is 0.481 e. The minimum Gasteiger partial charge on any atom is -0.481 e. The fourth-order valence-electron chi connectivity index (χ4n) is 2.35. The molecule has 0 saturated carbocycles. The number of rotatable bonds is 8. The first kappa shape index (κ1) is 16.7. The van der Waals surface area contributed by atoms with Gasteiger partial charge < -0.3 is 19.5 Å². The predicted molar refractivity (Wildman–Crippen MR) is 73.4 cm³/mol. The number of carbonyl (C=O) groups is 2. The second-order valence-corrected chi connectivity index (χ2v) is 5.12. The second-order valence-electron chi connectivity index (χ2n) is 5.12. The fraction of sp³-hybridized carbons (Fsp3) is 0.714. The van der Waals surface area contributed by atoms with Crippen molar-refractivity contribution in [3.8, 4) is 0 Å². The summed E-state index contributed by atoms with van der Waals surface area (Å²) in [7, 11) is 1.47. The number of methoxy groups -OCH3 is 1. The molecule has 0 radical (unpaired) electrons. The minimum absolute atomic E-state index is 0.109. The maximum Gasteiger partial charge on any atom is 0.313 e. The number of hydrogen-bond donors (Lipinski definition) is 1. The number of carboxylic acid groups (broad SMARTS) is 1. The molecule has 1 saturated heterocycles. The maximum atomic E-state index is 12.2. The first-order valence-corrected chi connectivity index (χ1v) is 6.70. The van der Waals surface area contributed by atoms with Gasteiger partial charge in [0.1, 0.15) is 11.5 Å². The van der Waals surface area contributed by atoms with Crippen LogP contribution in [-0.2, 0) is 19.1 Å². The van der Waals surface area contributed by atoms with Crippen LogP contribution in [0.4, 0.5) is 0 Å². The molecule has 1 heterocycles. The molecule has 1 N–H and O–H groups in total. The van der Waals surface area contributed by atoms with Crippen molar-refractivity contribution in [1.29, 1.82) is 0 Å². The molecule has 2 unspecified atom stereocenters. The molecule has 1 amide bonds. The zero-order chi connectivity index (χ0) is 15.2. The van der Waals surface area contributed by atoms with E-state index in [1.807, 2.05) is 0 Å². The van der Waals surface area contributed by atoms with Crippen molar-refractivity contribution in [1.82, 2.24) is 4.90 Å². The second kappa shape index (κ2) is 7.40. The SMILES string of the molecule is C=CCCOC(C)C(=O)N1CCC(COC)(C(=O)O)C1. The predicted octanol–water partition coefficient (Wildman–Crippen LogP) is 0.917. The molecule has 6 nitrogen and oxygen atoms in total. The molecule has 0 bridgehead atoms. The Labute approximate surface area is 119 Å². The van der Waals surface area contributed by atoms with E-state index in [9.17, 15) is 14.7 Å². The first-order valence-electron chi connectivity index (χ1n) is 6.70. The number of ether oxygens (including phenoxy) is 2. The van der Waals surface area contributed by atoms with Gasteiger partial charge in [0.15, 0.2) is 0 Å². The number of nitrogens with zero attached hydrogens (tertiary/aromatic N) is 1. The molecule has 0 aromatic carbocycles. The van der Waals surface area contributed by atoms with Gasteiger partial charge in [-0.25, -0.2) is 0 Å². The van der Waals surface area contributed by atoms with Gasteiger partial charge in [-0.15, -0.1) is 6.58 Å². The number of carbonyl (C=O) groups excluding carboxylic acids is 1. The van der Waals surface area contributed by atoms with E-state index in [1.54, 1.807) is 17.9 Å². The Hall–Kier alpha value is -1.40. The number of likely N-dealkylation sites (tertiary alicyclic amines) is 1. The lowest BCUT2D eigenvalue weighted by atomic mass is 9.88. The molecule has 0 aromatic rings. The lowest BCUT2D eigenvalue weighted by Gasteiger charge is -2.25. The van der Waals surface area contributed by atoms with Gasteiger partial charge in [-0.05, 0) is 19.8 Å². The van der Waals surface area contributed by atoms with Gasteiger partial charge in [-0.1, -0.05) is 6.08 Å². The summed E-state index contributed by atoms with van der Waals surface area (Å²) < 4.78 is 10.4. The summed E-state index contributed by atoms with van der Waals surface area (Å²) >= 11 is 0. The highest BCUT2D eigenvalue weighted by Gasteiger charge is 2.47. The minimum atomic E-state index is -0.995. The molecule has 20 heavy (non-hydrogen) atoms. The smallest absolute Gasteiger partial charge is 0.313 e. The average molecular weight is 285 g/mol. The Morgan fingerprint density at radius 3 is 2.80 bits per heavy atom. The summed E-state index contributed by atoms with van der Waals surface area (Å²) in [5.41, 5.74) is -0.995. The summed E-state index contributed by atoms with van der Waals surface area (Å²) in [6, 6.07) is 0. The van der Waals surface area contributed by atoms with Gasteiger partial charge in [0.05, 0.1) is 13.2 Å². The third-order valence-electron chi connectivity index (χ3n) is 3.58. The maximum absolute atomic E-state index is 12.2. The monoisotopic (exact) mass is 285 g/mol. The summed E-state index contributed by atoms with van der Waals surface area (Å²) in [5, 5.41) is 9.35. The van der Waals surface area contributed by atoms with Crippen molar-refractivity contribution in [3.05, 3.63) is 12.7 Å². The fourth-order valence-corrected chi connectivity index (χ4v) is 2.35. The molecule has 2 atom stereocenters. The van der Waals surface area contributed by atoms with Crippen LogP contribution in [0.15, 0.2) is 12.7 Å². The third kappa shape index (κ3) is 3.80. The van der Waals surface area contributed by atoms with Crippen LogP contribution in [0.2, 0.25) is 0 Å². The number of hydrogen-bond acceptors (Lipinski definition) is 4. The van der Waals surface area contributed by atoms with Crippen LogP contribution in [0.1, 0.15) is 19.8 Å². The van der Waals surface area contributed by atoms with Crippen LogP contribution in [0.25, 0.3) is 0 Å². The van der Waals surface area contributed by atoms with Crippen LogP contribution in [-0.4, -0.2) is 61.4 Å². The Bertz CT molecular complexity index is 371. The molecule has 1 fully saturated rings.